The molecule has 9 nitrogen and oxygen atoms in total. The normalized spacial score (nSPS) is 16.3. The molecule has 0 bridgehead atoms. The van der Waals surface area contributed by atoms with Crippen molar-refractivity contribution >= 4 is 28.8 Å². The van der Waals surface area contributed by atoms with E-state index in [0.29, 0.717) is 55.3 Å². The van der Waals surface area contributed by atoms with Gasteiger partial charge in [0.1, 0.15) is 5.56 Å². The van der Waals surface area contributed by atoms with Crippen LogP contribution in [-0.2, 0) is 11.3 Å². The fraction of sp³-hybridized carbons (Fsp3) is 0.364. The van der Waals surface area contributed by atoms with Crippen molar-refractivity contribution in [2.75, 3.05) is 36.5 Å². The maximum absolute atomic E-state index is 13.1. The summed E-state index contributed by atoms with van der Waals surface area (Å²) in [5.74, 6) is -0.252. The number of anilines is 2. The van der Waals surface area contributed by atoms with Crippen molar-refractivity contribution in [2.45, 2.75) is 26.4 Å². The SMILES string of the molecule is CC(C)N1Cc2cc(NC(=O)c3cnn4cccnc34)c(N3CCOCC3)cc2C1=O. The fourth-order valence-electron chi connectivity index (χ4n) is 4.13. The topological polar surface area (TPSA) is 92.1 Å². The van der Waals surface area contributed by atoms with Crippen molar-refractivity contribution in [2.24, 2.45) is 0 Å². The van der Waals surface area contributed by atoms with Crippen LogP contribution in [0.5, 0.6) is 0 Å². The van der Waals surface area contributed by atoms with Gasteiger partial charge >= 0.3 is 0 Å². The standard InChI is InChI=1S/C22H24N6O3/c1-14(2)27-13-15-10-18(19(11-16(15)22(27)30)26-6-8-31-9-7-26)25-21(29)17-12-24-28-5-3-4-23-20(17)28/h3-5,10-12,14H,6-9,13H2,1-2H3,(H,25,29). The van der Waals surface area contributed by atoms with E-state index in [9.17, 15) is 9.59 Å². The highest BCUT2D eigenvalue weighted by atomic mass is 16.5. The molecule has 0 spiro atoms. The van der Waals surface area contributed by atoms with Gasteiger partial charge < -0.3 is 19.9 Å². The van der Waals surface area contributed by atoms with Crippen molar-refractivity contribution < 1.29 is 14.3 Å². The summed E-state index contributed by atoms with van der Waals surface area (Å²) in [5.41, 5.74) is 4.03. The molecule has 2 aliphatic rings. The van der Waals surface area contributed by atoms with Gasteiger partial charge in [-0.3, -0.25) is 9.59 Å². The van der Waals surface area contributed by atoms with Crippen molar-refractivity contribution in [3.8, 4) is 0 Å². The van der Waals surface area contributed by atoms with Gasteiger partial charge in [0.2, 0.25) is 0 Å². The predicted octanol–water partition coefficient (Wildman–Crippen LogP) is 2.18. The van der Waals surface area contributed by atoms with Crippen molar-refractivity contribution in [3.63, 3.8) is 0 Å². The van der Waals surface area contributed by atoms with Crippen LogP contribution in [0.25, 0.3) is 5.65 Å². The van der Waals surface area contributed by atoms with E-state index in [2.05, 4.69) is 20.3 Å². The zero-order valence-corrected chi connectivity index (χ0v) is 17.5. The van der Waals surface area contributed by atoms with Crippen LogP contribution in [0.2, 0.25) is 0 Å². The van der Waals surface area contributed by atoms with Gasteiger partial charge in [0.05, 0.1) is 30.8 Å². The molecule has 31 heavy (non-hydrogen) atoms. The van der Waals surface area contributed by atoms with Gasteiger partial charge in [0.15, 0.2) is 5.65 Å². The molecule has 0 unspecified atom stereocenters. The lowest BCUT2D eigenvalue weighted by Crippen LogP contribution is -2.37. The number of rotatable bonds is 4. The Kier molecular flexibility index (Phi) is 4.82. The van der Waals surface area contributed by atoms with Crippen LogP contribution < -0.4 is 10.2 Å². The number of fused-ring (bicyclic) bond motifs is 2. The van der Waals surface area contributed by atoms with Crippen LogP contribution in [0.1, 0.15) is 40.1 Å². The quantitative estimate of drug-likeness (QED) is 0.696. The number of nitrogens with zero attached hydrogens (tertiary/aromatic N) is 5. The molecule has 1 N–H and O–H groups in total. The Morgan fingerprint density at radius 3 is 2.81 bits per heavy atom. The molecule has 0 atom stereocenters. The number of carbonyl (C=O) groups excluding carboxylic acids is 2. The van der Waals surface area contributed by atoms with Crippen LogP contribution in [0, 0.1) is 0 Å². The van der Waals surface area contributed by atoms with E-state index in [0.717, 1.165) is 11.3 Å². The molecule has 0 radical (unpaired) electrons. The molecule has 0 aliphatic carbocycles. The third-order valence-corrected chi connectivity index (χ3v) is 5.80. The second kappa shape index (κ2) is 7.66. The number of aromatic nitrogens is 3. The van der Waals surface area contributed by atoms with Gasteiger partial charge in [-0.05, 0) is 37.6 Å². The lowest BCUT2D eigenvalue weighted by molar-refractivity contribution is 0.0730. The number of benzene rings is 1. The Hall–Kier alpha value is -3.46. The molecule has 160 valence electrons. The molecular formula is C22H24N6O3. The van der Waals surface area contributed by atoms with E-state index in [1.807, 2.05) is 30.9 Å². The summed E-state index contributed by atoms with van der Waals surface area (Å²) < 4.78 is 7.06. The summed E-state index contributed by atoms with van der Waals surface area (Å²) in [5, 5.41) is 7.25. The van der Waals surface area contributed by atoms with Gasteiger partial charge in [-0.25, -0.2) is 9.50 Å². The molecule has 2 amide bonds. The van der Waals surface area contributed by atoms with Crippen molar-refractivity contribution in [1.29, 1.82) is 0 Å². The summed E-state index contributed by atoms with van der Waals surface area (Å²) in [6.07, 6.45) is 4.90. The minimum Gasteiger partial charge on any atom is -0.378 e. The zero-order valence-electron chi connectivity index (χ0n) is 17.5. The summed E-state index contributed by atoms with van der Waals surface area (Å²) in [6.45, 7) is 7.16. The molecule has 3 aromatic rings. The van der Waals surface area contributed by atoms with Crippen molar-refractivity contribution in [3.05, 3.63) is 53.5 Å². The summed E-state index contributed by atoms with van der Waals surface area (Å²) in [4.78, 5) is 34.3. The minimum atomic E-state index is -0.284. The van der Waals surface area contributed by atoms with Gasteiger partial charge in [-0.2, -0.15) is 5.10 Å². The first kappa shape index (κ1) is 19.5. The number of hydrogen-bond acceptors (Lipinski definition) is 6. The highest BCUT2D eigenvalue weighted by molar-refractivity contribution is 6.10. The molecule has 1 fully saturated rings. The monoisotopic (exact) mass is 420 g/mol. The highest BCUT2D eigenvalue weighted by Gasteiger charge is 2.32. The van der Waals surface area contributed by atoms with Gasteiger partial charge in [0, 0.05) is 43.6 Å². The molecule has 1 aromatic carbocycles. The average Bonchev–Trinajstić information content (AvgIpc) is 3.35. The predicted molar refractivity (Wildman–Crippen MR) is 115 cm³/mol. The fourth-order valence-corrected chi connectivity index (χ4v) is 4.13. The summed E-state index contributed by atoms with van der Waals surface area (Å²) in [7, 11) is 0. The third kappa shape index (κ3) is 3.40. The molecule has 9 heteroatoms. The van der Waals surface area contributed by atoms with E-state index in [1.54, 1.807) is 23.0 Å². The second-order valence-electron chi connectivity index (χ2n) is 8.05. The van der Waals surface area contributed by atoms with Gasteiger partial charge in [-0.15, -0.1) is 0 Å². The van der Waals surface area contributed by atoms with Gasteiger partial charge in [-0.1, -0.05) is 0 Å². The van der Waals surface area contributed by atoms with E-state index in [1.165, 1.54) is 6.20 Å². The number of hydrogen-bond donors (Lipinski definition) is 1. The molecule has 0 saturated carbocycles. The number of morpholine rings is 1. The lowest BCUT2D eigenvalue weighted by Gasteiger charge is -2.31. The van der Waals surface area contributed by atoms with Crippen LogP contribution in [0.3, 0.4) is 0 Å². The Labute approximate surface area is 179 Å². The van der Waals surface area contributed by atoms with Gasteiger partial charge in [0.25, 0.3) is 11.8 Å². The third-order valence-electron chi connectivity index (χ3n) is 5.80. The van der Waals surface area contributed by atoms with Crippen molar-refractivity contribution in [1.82, 2.24) is 19.5 Å². The van der Waals surface area contributed by atoms with E-state index in [-0.39, 0.29) is 17.9 Å². The Balaban J connectivity index is 1.53. The first-order chi connectivity index (χ1) is 15.0. The minimum absolute atomic E-state index is 0.0317. The second-order valence-corrected chi connectivity index (χ2v) is 8.05. The summed E-state index contributed by atoms with van der Waals surface area (Å²) >= 11 is 0. The first-order valence-electron chi connectivity index (χ1n) is 10.4. The Morgan fingerprint density at radius 1 is 1.23 bits per heavy atom. The lowest BCUT2D eigenvalue weighted by atomic mass is 10.1. The zero-order chi connectivity index (χ0) is 21.5. The Bertz CT molecular complexity index is 1170. The maximum Gasteiger partial charge on any atom is 0.261 e. The smallest absolute Gasteiger partial charge is 0.261 e. The van der Waals surface area contributed by atoms with Crippen LogP contribution in [0.15, 0.2) is 36.8 Å². The number of carbonyl (C=O) groups is 2. The number of ether oxygens (including phenoxy) is 1. The molecule has 1 saturated heterocycles. The van der Waals surface area contributed by atoms with Crippen LogP contribution in [-0.4, -0.2) is 63.7 Å². The first-order valence-corrected chi connectivity index (χ1v) is 10.4. The molecule has 5 rings (SSSR count). The van der Waals surface area contributed by atoms with Crippen LogP contribution >= 0.6 is 0 Å². The van der Waals surface area contributed by atoms with E-state index in [4.69, 9.17) is 4.74 Å². The average molecular weight is 420 g/mol. The maximum atomic E-state index is 13.1. The number of amides is 2. The molecule has 4 heterocycles. The number of nitrogens with one attached hydrogen (secondary N) is 1. The van der Waals surface area contributed by atoms with E-state index < -0.39 is 0 Å². The highest BCUT2D eigenvalue weighted by Crippen LogP contribution is 2.35. The molecule has 2 aromatic heterocycles. The largest absolute Gasteiger partial charge is 0.378 e. The van der Waals surface area contributed by atoms with Crippen LogP contribution in [0.4, 0.5) is 11.4 Å². The molecule has 2 aliphatic heterocycles. The Morgan fingerprint density at radius 2 is 2.03 bits per heavy atom. The summed E-state index contributed by atoms with van der Waals surface area (Å²) in [6, 6.07) is 5.71. The molecular weight excluding hydrogens is 396 g/mol. The van der Waals surface area contributed by atoms with E-state index >= 15 is 0 Å².